The Morgan fingerprint density at radius 1 is 1.03 bits per heavy atom. The minimum atomic E-state index is -0.411. The lowest BCUT2D eigenvalue weighted by molar-refractivity contribution is -0.383. The molecule has 0 amide bonds. The fraction of sp³-hybridized carbons (Fsp3) is 0.524. The van der Waals surface area contributed by atoms with Gasteiger partial charge in [-0.3, -0.25) is 15.0 Å². The highest BCUT2D eigenvalue weighted by Crippen LogP contribution is 2.32. The molecule has 0 atom stereocenters. The minimum absolute atomic E-state index is 0.0888. The summed E-state index contributed by atoms with van der Waals surface area (Å²) in [6.07, 6.45) is 2.23. The van der Waals surface area contributed by atoms with Crippen LogP contribution in [0.15, 0.2) is 30.6 Å². The second-order valence-corrected chi connectivity index (χ2v) is 7.84. The topological polar surface area (TPSA) is 99.9 Å². The van der Waals surface area contributed by atoms with E-state index in [4.69, 9.17) is 4.74 Å². The number of piperazine rings is 1. The van der Waals surface area contributed by atoms with E-state index in [1.807, 2.05) is 4.90 Å². The van der Waals surface area contributed by atoms with Crippen molar-refractivity contribution in [2.45, 2.75) is 6.42 Å². The first kappa shape index (κ1) is 22.2. The van der Waals surface area contributed by atoms with Crippen LogP contribution in [0.3, 0.4) is 0 Å². The van der Waals surface area contributed by atoms with Crippen molar-refractivity contribution in [3.8, 4) is 0 Å². The molecule has 172 valence electrons. The molecule has 0 unspecified atom stereocenters. The quantitative estimate of drug-likeness (QED) is 0.371. The van der Waals surface area contributed by atoms with E-state index in [2.05, 4.69) is 25.1 Å². The summed E-state index contributed by atoms with van der Waals surface area (Å²) in [5.74, 6) is 0.316. The van der Waals surface area contributed by atoms with Crippen molar-refractivity contribution in [3.05, 3.63) is 46.5 Å². The number of rotatable bonds is 8. The molecule has 1 aromatic heterocycles. The first-order valence-electron chi connectivity index (χ1n) is 10.9. The zero-order valence-corrected chi connectivity index (χ0v) is 18.0. The highest BCUT2D eigenvalue weighted by molar-refractivity contribution is 5.70. The van der Waals surface area contributed by atoms with Crippen LogP contribution in [0.5, 0.6) is 0 Å². The summed E-state index contributed by atoms with van der Waals surface area (Å²) in [5.41, 5.74) is 0.847. The highest BCUT2D eigenvalue weighted by Gasteiger charge is 2.29. The maximum absolute atomic E-state index is 13.2. The third kappa shape index (κ3) is 5.40. The summed E-state index contributed by atoms with van der Waals surface area (Å²) in [7, 11) is 0. The Labute approximate surface area is 186 Å². The lowest BCUT2D eigenvalue weighted by Gasteiger charge is -2.36. The lowest BCUT2D eigenvalue weighted by atomic mass is 10.2. The van der Waals surface area contributed by atoms with Gasteiger partial charge < -0.3 is 19.9 Å². The summed E-state index contributed by atoms with van der Waals surface area (Å²) in [6, 6.07) is 6.37. The van der Waals surface area contributed by atoms with Gasteiger partial charge in [-0.1, -0.05) is 0 Å². The molecule has 0 aliphatic carbocycles. The van der Waals surface area contributed by atoms with Crippen molar-refractivity contribution in [1.29, 1.82) is 0 Å². The Bertz CT molecular complexity index is 901. The molecule has 4 rings (SSSR count). The Morgan fingerprint density at radius 3 is 2.41 bits per heavy atom. The van der Waals surface area contributed by atoms with Crippen molar-refractivity contribution in [2.75, 3.05) is 80.7 Å². The molecule has 3 heterocycles. The van der Waals surface area contributed by atoms with Crippen molar-refractivity contribution in [1.82, 2.24) is 14.9 Å². The zero-order valence-electron chi connectivity index (χ0n) is 18.0. The van der Waals surface area contributed by atoms with E-state index in [-0.39, 0.29) is 17.3 Å². The summed E-state index contributed by atoms with van der Waals surface area (Å²) in [6.45, 7) is 7.32. The molecule has 2 saturated heterocycles. The van der Waals surface area contributed by atoms with E-state index in [0.29, 0.717) is 38.5 Å². The van der Waals surface area contributed by atoms with Gasteiger partial charge in [0.15, 0.2) is 0 Å². The van der Waals surface area contributed by atoms with Crippen LogP contribution in [-0.2, 0) is 4.74 Å². The normalized spacial score (nSPS) is 17.4. The number of ether oxygens (including phenoxy) is 1. The van der Waals surface area contributed by atoms with Gasteiger partial charge in [0.1, 0.15) is 12.1 Å². The summed E-state index contributed by atoms with van der Waals surface area (Å²) < 4.78 is 18.5. The van der Waals surface area contributed by atoms with Gasteiger partial charge in [0.25, 0.3) is 0 Å². The second-order valence-electron chi connectivity index (χ2n) is 7.84. The van der Waals surface area contributed by atoms with Crippen LogP contribution in [0.4, 0.5) is 27.4 Å². The number of hydrogen-bond donors (Lipinski definition) is 1. The van der Waals surface area contributed by atoms with Gasteiger partial charge >= 0.3 is 5.69 Å². The van der Waals surface area contributed by atoms with Crippen molar-refractivity contribution >= 4 is 23.0 Å². The molecule has 0 bridgehead atoms. The molecule has 0 saturated carbocycles. The molecule has 0 spiro atoms. The Balaban J connectivity index is 1.37. The number of anilines is 3. The van der Waals surface area contributed by atoms with Gasteiger partial charge in [0, 0.05) is 51.5 Å². The van der Waals surface area contributed by atoms with Crippen LogP contribution in [-0.4, -0.2) is 85.4 Å². The van der Waals surface area contributed by atoms with Crippen molar-refractivity contribution in [2.24, 2.45) is 0 Å². The van der Waals surface area contributed by atoms with E-state index in [9.17, 15) is 14.5 Å². The molecule has 11 heteroatoms. The summed E-state index contributed by atoms with van der Waals surface area (Å²) in [5, 5.41) is 15.0. The Kier molecular flexibility index (Phi) is 7.28. The molecule has 32 heavy (non-hydrogen) atoms. The average molecular weight is 445 g/mol. The summed E-state index contributed by atoms with van der Waals surface area (Å²) >= 11 is 0. The Hall–Kier alpha value is -3.05. The standard InChI is InChI=1S/C21H28FN7O3/c22-17-2-4-18(5-3-17)27-8-10-28(11-9-27)21-19(29(30)31)20(24-16-25-21)23-6-1-7-26-12-14-32-15-13-26/h2-5,16H,1,6-15H2,(H,23,24,25). The Morgan fingerprint density at radius 2 is 1.72 bits per heavy atom. The number of aromatic nitrogens is 2. The molecule has 2 aromatic rings. The van der Waals surface area contributed by atoms with E-state index in [1.54, 1.807) is 12.1 Å². The van der Waals surface area contributed by atoms with Crippen molar-refractivity contribution < 1.29 is 14.1 Å². The van der Waals surface area contributed by atoms with Crippen LogP contribution >= 0.6 is 0 Å². The smallest absolute Gasteiger partial charge is 0.353 e. The van der Waals surface area contributed by atoms with Crippen molar-refractivity contribution in [3.63, 3.8) is 0 Å². The number of hydrogen-bond acceptors (Lipinski definition) is 9. The molecular formula is C21H28FN7O3. The van der Waals surface area contributed by atoms with Gasteiger partial charge in [-0.05, 0) is 37.2 Å². The van der Waals surface area contributed by atoms with Crippen LogP contribution in [0.1, 0.15) is 6.42 Å². The maximum atomic E-state index is 13.2. The SMILES string of the molecule is O=[N+]([O-])c1c(NCCCN2CCOCC2)ncnc1N1CCN(c2ccc(F)cc2)CC1. The molecule has 2 fully saturated rings. The number of benzene rings is 1. The van der Waals surface area contributed by atoms with E-state index in [0.717, 1.165) is 45.0 Å². The average Bonchev–Trinajstić information content (AvgIpc) is 2.83. The lowest BCUT2D eigenvalue weighted by Crippen LogP contribution is -2.47. The molecule has 2 aliphatic rings. The minimum Gasteiger partial charge on any atom is -0.379 e. The third-order valence-corrected chi connectivity index (χ3v) is 5.80. The van der Waals surface area contributed by atoms with Crippen LogP contribution in [0.25, 0.3) is 0 Å². The fourth-order valence-electron chi connectivity index (χ4n) is 4.06. The van der Waals surface area contributed by atoms with Crippen LogP contribution in [0.2, 0.25) is 0 Å². The van der Waals surface area contributed by atoms with Gasteiger partial charge in [0.05, 0.1) is 18.1 Å². The second kappa shape index (κ2) is 10.5. The molecular weight excluding hydrogens is 417 g/mol. The van der Waals surface area contributed by atoms with Crippen LogP contribution in [0, 0.1) is 15.9 Å². The number of nitrogens with zero attached hydrogens (tertiary/aromatic N) is 6. The van der Waals surface area contributed by atoms with Gasteiger partial charge in [-0.2, -0.15) is 0 Å². The number of nitrogens with one attached hydrogen (secondary N) is 1. The fourth-order valence-corrected chi connectivity index (χ4v) is 4.06. The molecule has 1 N–H and O–H groups in total. The first-order chi connectivity index (χ1) is 15.6. The van der Waals surface area contributed by atoms with E-state index >= 15 is 0 Å². The van der Waals surface area contributed by atoms with Crippen LogP contribution < -0.4 is 15.1 Å². The van der Waals surface area contributed by atoms with Gasteiger partial charge in [0.2, 0.25) is 11.6 Å². The third-order valence-electron chi connectivity index (χ3n) is 5.80. The van der Waals surface area contributed by atoms with Gasteiger partial charge in [-0.25, -0.2) is 14.4 Å². The molecule has 10 nitrogen and oxygen atoms in total. The van der Waals surface area contributed by atoms with E-state index < -0.39 is 4.92 Å². The predicted molar refractivity (Wildman–Crippen MR) is 120 cm³/mol. The number of morpholine rings is 1. The maximum Gasteiger partial charge on any atom is 0.353 e. The monoisotopic (exact) mass is 445 g/mol. The first-order valence-corrected chi connectivity index (χ1v) is 10.9. The summed E-state index contributed by atoms with van der Waals surface area (Å²) in [4.78, 5) is 26.2. The number of nitro groups is 1. The van der Waals surface area contributed by atoms with Gasteiger partial charge in [-0.15, -0.1) is 0 Å². The molecule has 0 radical (unpaired) electrons. The highest BCUT2D eigenvalue weighted by atomic mass is 19.1. The zero-order chi connectivity index (χ0) is 22.3. The molecule has 1 aromatic carbocycles. The largest absolute Gasteiger partial charge is 0.379 e. The molecule has 2 aliphatic heterocycles. The number of halogens is 1. The predicted octanol–water partition coefficient (Wildman–Crippen LogP) is 1.98. The van der Waals surface area contributed by atoms with E-state index in [1.165, 1.54) is 18.5 Å².